The fourth-order valence-corrected chi connectivity index (χ4v) is 2.15. The van der Waals surface area contributed by atoms with Crippen LogP contribution in [0.5, 0.6) is 5.75 Å². The second-order valence-electron chi connectivity index (χ2n) is 4.13. The highest BCUT2D eigenvalue weighted by molar-refractivity contribution is 5.48. The SMILES string of the molecule is C=CC(c1ccccc1)c1c(C)cccc1O. The molecule has 0 fully saturated rings. The van der Waals surface area contributed by atoms with Gasteiger partial charge in [-0.2, -0.15) is 0 Å². The fourth-order valence-electron chi connectivity index (χ4n) is 2.15. The lowest BCUT2D eigenvalue weighted by atomic mass is 9.88. The van der Waals surface area contributed by atoms with E-state index in [1.807, 2.05) is 43.3 Å². The molecule has 0 aliphatic heterocycles. The average molecular weight is 224 g/mol. The van der Waals surface area contributed by atoms with Crippen molar-refractivity contribution in [1.29, 1.82) is 0 Å². The summed E-state index contributed by atoms with van der Waals surface area (Å²) in [6, 6.07) is 15.7. The van der Waals surface area contributed by atoms with E-state index in [0.29, 0.717) is 5.75 Å². The Balaban J connectivity index is 2.54. The molecule has 1 N–H and O–H groups in total. The summed E-state index contributed by atoms with van der Waals surface area (Å²) >= 11 is 0. The molecule has 1 atom stereocenters. The smallest absolute Gasteiger partial charge is 0.119 e. The monoisotopic (exact) mass is 224 g/mol. The van der Waals surface area contributed by atoms with Crippen molar-refractivity contribution >= 4 is 0 Å². The Labute approximate surface area is 102 Å². The number of aromatic hydroxyl groups is 1. The molecule has 0 spiro atoms. The number of phenols is 1. The van der Waals surface area contributed by atoms with Crippen molar-refractivity contribution in [3.8, 4) is 5.75 Å². The van der Waals surface area contributed by atoms with Crippen LogP contribution in [-0.2, 0) is 0 Å². The van der Waals surface area contributed by atoms with E-state index in [1.165, 1.54) is 0 Å². The summed E-state index contributed by atoms with van der Waals surface area (Å²) in [7, 11) is 0. The van der Waals surface area contributed by atoms with Gasteiger partial charge in [0.15, 0.2) is 0 Å². The van der Waals surface area contributed by atoms with Crippen molar-refractivity contribution in [2.75, 3.05) is 0 Å². The minimum Gasteiger partial charge on any atom is -0.508 e. The molecule has 2 rings (SSSR count). The maximum Gasteiger partial charge on any atom is 0.119 e. The molecule has 0 heterocycles. The van der Waals surface area contributed by atoms with Crippen LogP contribution in [0.25, 0.3) is 0 Å². The van der Waals surface area contributed by atoms with Gasteiger partial charge in [-0.05, 0) is 24.1 Å². The number of phenolic OH excluding ortho intramolecular Hbond substituents is 1. The molecule has 0 aliphatic carbocycles. The standard InChI is InChI=1S/C16H16O/c1-3-14(13-9-5-4-6-10-13)16-12(2)8-7-11-15(16)17/h3-11,14,17H,1H2,2H3. The van der Waals surface area contributed by atoms with Crippen LogP contribution >= 0.6 is 0 Å². The van der Waals surface area contributed by atoms with Crippen LogP contribution in [0.2, 0.25) is 0 Å². The van der Waals surface area contributed by atoms with Gasteiger partial charge < -0.3 is 5.11 Å². The van der Waals surface area contributed by atoms with Crippen LogP contribution in [0.1, 0.15) is 22.6 Å². The number of rotatable bonds is 3. The first-order valence-electron chi connectivity index (χ1n) is 5.70. The third-order valence-corrected chi connectivity index (χ3v) is 3.01. The molecular weight excluding hydrogens is 208 g/mol. The van der Waals surface area contributed by atoms with Crippen LogP contribution in [0.15, 0.2) is 61.2 Å². The number of hydrogen-bond acceptors (Lipinski definition) is 1. The van der Waals surface area contributed by atoms with Crippen molar-refractivity contribution in [3.05, 3.63) is 77.9 Å². The molecular formula is C16H16O. The summed E-state index contributed by atoms with van der Waals surface area (Å²) in [5.74, 6) is 0.371. The van der Waals surface area contributed by atoms with Crippen molar-refractivity contribution in [2.45, 2.75) is 12.8 Å². The predicted molar refractivity (Wildman–Crippen MR) is 71.3 cm³/mol. The molecule has 1 unspecified atom stereocenters. The maximum atomic E-state index is 10.0. The summed E-state index contributed by atoms with van der Waals surface area (Å²) in [5, 5.41) is 10.0. The first-order chi connectivity index (χ1) is 8.24. The van der Waals surface area contributed by atoms with E-state index in [4.69, 9.17) is 0 Å². The van der Waals surface area contributed by atoms with Gasteiger partial charge in [0.05, 0.1) is 0 Å². The summed E-state index contributed by atoms with van der Waals surface area (Å²) < 4.78 is 0. The highest BCUT2D eigenvalue weighted by Crippen LogP contribution is 2.34. The normalized spacial score (nSPS) is 12.1. The molecule has 86 valence electrons. The first-order valence-corrected chi connectivity index (χ1v) is 5.70. The van der Waals surface area contributed by atoms with Crippen LogP contribution in [0.4, 0.5) is 0 Å². The van der Waals surface area contributed by atoms with Gasteiger partial charge in [0, 0.05) is 11.5 Å². The second-order valence-corrected chi connectivity index (χ2v) is 4.13. The van der Waals surface area contributed by atoms with E-state index >= 15 is 0 Å². The zero-order chi connectivity index (χ0) is 12.3. The lowest BCUT2D eigenvalue weighted by molar-refractivity contribution is 0.467. The van der Waals surface area contributed by atoms with Gasteiger partial charge in [-0.1, -0.05) is 48.5 Å². The highest BCUT2D eigenvalue weighted by atomic mass is 16.3. The topological polar surface area (TPSA) is 20.2 Å². The van der Waals surface area contributed by atoms with Gasteiger partial charge >= 0.3 is 0 Å². The molecule has 0 amide bonds. The van der Waals surface area contributed by atoms with Crippen LogP contribution in [-0.4, -0.2) is 5.11 Å². The molecule has 1 heteroatoms. The second kappa shape index (κ2) is 4.88. The Kier molecular flexibility index (Phi) is 3.29. The van der Waals surface area contributed by atoms with E-state index in [9.17, 15) is 5.11 Å². The molecule has 0 saturated heterocycles. The fraction of sp³-hybridized carbons (Fsp3) is 0.125. The van der Waals surface area contributed by atoms with Crippen LogP contribution in [0, 0.1) is 6.92 Å². The molecule has 0 saturated carbocycles. The van der Waals surface area contributed by atoms with Crippen molar-refractivity contribution < 1.29 is 5.11 Å². The van der Waals surface area contributed by atoms with Crippen LogP contribution < -0.4 is 0 Å². The molecule has 0 aromatic heterocycles. The van der Waals surface area contributed by atoms with Crippen molar-refractivity contribution in [3.63, 3.8) is 0 Å². The van der Waals surface area contributed by atoms with Crippen molar-refractivity contribution in [2.24, 2.45) is 0 Å². The quantitative estimate of drug-likeness (QED) is 0.781. The third-order valence-electron chi connectivity index (χ3n) is 3.01. The predicted octanol–water partition coefficient (Wildman–Crippen LogP) is 4.02. The maximum absolute atomic E-state index is 10.0. The summed E-state index contributed by atoms with van der Waals surface area (Å²) in [5.41, 5.74) is 3.17. The Morgan fingerprint density at radius 1 is 1.06 bits per heavy atom. The minimum atomic E-state index is 0.0393. The Bertz CT molecular complexity index is 494. The number of benzene rings is 2. The molecule has 0 aliphatic rings. The molecule has 1 nitrogen and oxygen atoms in total. The average Bonchev–Trinajstić information content (AvgIpc) is 2.35. The molecule has 2 aromatic carbocycles. The van der Waals surface area contributed by atoms with Gasteiger partial charge in [0.25, 0.3) is 0 Å². The number of aryl methyl sites for hydroxylation is 1. The van der Waals surface area contributed by atoms with E-state index in [0.717, 1.165) is 16.7 Å². The zero-order valence-corrected chi connectivity index (χ0v) is 9.93. The Morgan fingerprint density at radius 2 is 1.76 bits per heavy atom. The lowest BCUT2D eigenvalue weighted by Gasteiger charge is -2.17. The first kappa shape index (κ1) is 11.5. The molecule has 2 aromatic rings. The van der Waals surface area contributed by atoms with Gasteiger partial charge in [-0.25, -0.2) is 0 Å². The molecule has 0 radical (unpaired) electrons. The summed E-state index contributed by atoms with van der Waals surface area (Å²) in [6.45, 7) is 5.89. The van der Waals surface area contributed by atoms with E-state index in [2.05, 4.69) is 18.7 Å². The molecule has 17 heavy (non-hydrogen) atoms. The highest BCUT2D eigenvalue weighted by Gasteiger charge is 2.15. The third kappa shape index (κ3) is 2.23. The van der Waals surface area contributed by atoms with Crippen molar-refractivity contribution in [1.82, 2.24) is 0 Å². The van der Waals surface area contributed by atoms with Gasteiger partial charge in [0.1, 0.15) is 5.75 Å². The van der Waals surface area contributed by atoms with Gasteiger partial charge in [-0.3, -0.25) is 0 Å². The number of allylic oxidation sites excluding steroid dienone is 1. The summed E-state index contributed by atoms with van der Waals surface area (Å²) in [4.78, 5) is 0. The number of hydrogen-bond donors (Lipinski definition) is 1. The lowest BCUT2D eigenvalue weighted by Crippen LogP contribution is -2.00. The van der Waals surface area contributed by atoms with E-state index in [1.54, 1.807) is 6.07 Å². The summed E-state index contributed by atoms with van der Waals surface area (Å²) in [6.07, 6.45) is 1.87. The van der Waals surface area contributed by atoms with Crippen LogP contribution in [0.3, 0.4) is 0 Å². The van der Waals surface area contributed by atoms with Gasteiger partial charge in [-0.15, -0.1) is 6.58 Å². The Hall–Kier alpha value is -2.02. The minimum absolute atomic E-state index is 0.0393. The largest absolute Gasteiger partial charge is 0.508 e. The zero-order valence-electron chi connectivity index (χ0n) is 9.93. The van der Waals surface area contributed by atoms with Gasteiger partial charge in [0.2, 0.25) is 0 Å². The van der Waals surface area contributed by atoms with E-state index in [-0.39, 0.29) is 5.92 Å². The molecule has 0 bridgehead atoms. The van der Waals surface area contributed by atoms with E-state index < -0.39 is 0 Å². The Morgan fingerprint density at radius 3 is 2.35 bits per heavy atom.